The molecule has 0 aliphatic carbocycles. The Balaban J connectivity index is 1.17. The summed E-state index contributed by atoms with van der Waals surface area (Å²) >= 11 is 3.71. The predicted octanol–water partition coefficient (Wildman–Crippen LogP) is 16.8. The van der Waals surface area contributed by atoms with Gasteiger partial charge in [0.25, 0.3) is 0 Å². The first-order valence-corrected chi connectivity index (χ1v) is 21.5. The minimum atomic E-state index is 1.09. The molecule has 0 spiro atoms. The summed E-state index contributed by atoms with van der Waals surface area (Å²) in [6, 6.07) is 81.0. The number of rotatable bonds is 9. The fraction of sp³-hybridized carbons (Fsp3) is 0. The van der Waals surface area contributed by atoms with Crippen LogP contribution in [0.1, 0.15) is 0 Å². The zero-order chi connectivity index (χ0) is 39.1. The number of anilines is 9. The molecule has 0 unspecified atom stereocenters. The van der Waals surface area contributed by atoms with Crippen LogP contribution in [0.15, 0.2) is 224 Å². The Labute approximate surface area is 351 Å². The zero-order valence-corrected chi connectivity index (χ0v) is 33.7. The maximum atomic E-state index is 2.41. The Morgan fingerprint density at radius 3 is 1.24 bits per heavy atom. The minimum absolute atomic E-state index is 1.09. The number of nitrogens with zero attached hydrogens (tertiary/aromatic N) is 3. The molecule has 2 aromatic heterocycles. The van der Waals surface area contributed by atoms with Gasteiger partial charge in [0.2, 0.25) is 0 Å². The molecule has 0 amide bonds. The Kier molecular flexibility index (Phi) is 8.88. The first-order valence-electron chi connectivity index (χ1n) is 19.8. The zero-order valence-electron chi connectivity index (χ0n) is 32.0. The van der Waals surface area contributed by atoms with E-state index in [4.69, 9.17) is 0 Å². The predicted molar refractivity (Wildman–Crippen MR) is 256 cm³/mol. The average molecular weight is 792 g/mol. The highest BCUT2D eigenvalue weighted by molar-refractivity contribution is 7.26. The maximum Gasteiger partial charge on any atom is 0.0661 e. The summed E-state index contributed by atoms with van der Waals surface area (Å²) in [4.78, 5) is 7.19. The van der Waals surface area contributed by atoms with Gasteiger partial charge in [-0.2, -0.15) is 0 Å². The van der Waals surface area contributed by atoms with Gasteiger partial charge in [-0.15, -0.1) is 22.7 Å². The number of thiophene rings is 2. The molecule has 11 rings (SSSR count). The lowest BCUT2D eigenvalue weighted by Crippen LogP contribution is -2.13. The number of fused-ring (bicyclic) bond motifs is 6. The highest BCUT2D eigenvalue weighted by Gasteiger charge is 2.24. The highest BCUT2D eigenvalue weighted by Crippen LogP contribution is 2.50. The molecule has 9 aromatic carbocycles. The van der Waals surface area contributed by atoms with Crippen molar-refractivity contribution in [2.45, 2.75) is 0 Å². The van der Waals surface area contributed by atoms with E-state index >= 15 is 0 Å². The van der Waals surface area contributed by atoms with Gasteiger partial charge >= 0.3 is 0 Å². The van der Waals surface area contributed by atoms with E-state index in [2.05, 4.69) is 239 Å². The van der Waals surface area contributed by atoms with Crippen molar-refractivity contribution < 1.29 is 0 Å². The SMILES string of the molecule is c1ccc(N(c2ccc3c(c2)sc2ccccc23)c2ccc3sc4c(N(c5ccccc5)c5ccccc5)cc(N(c5ccccc5)c5ccccc5)cc4c3c2)cc1. The lowest BCUT2D eigenvalue weighted by atomic mass is 10.1. The third-order valence-corrected chi connectivity index (χ3v) is 13.3. The number of hydrogen-bond donors (Lipinski definition) is 0. The van der Waals surface area contributed by atoms with E-state index in [1.165, 1.54) is 40.3 Å². The minimum Gasteiger partial charge on any atom is -0.310 e. The normalized spacial score (nSPS) is 11.4. The fourth-order valence-corrected chi connectivity index (χ4v) is 10.6. The molecule has 11 aromatic rings. The molecule has 0 aliphatic heterocycles. The van der Waals surface area contributed by atoms with E-state index in [0.29, 0.717) is 0 Å². The summed E-state index contributed by atoms with van der Waals surface area (Å²) < 4.78 is 5.06. The first kappa shape index (κ1) is 35.0. The molecule has 59 heavy (non-hydrogen) atoms. The molecule has 3 nitrogen and oxygen atoms in total. The second kappa shape index (κ2) is 15.0. The van der Waals surface area contributed by atoms with E-state index in [9.17, 15) is 0 Å². The van der Waals surface area contributed by atoms with Crippen molar-refractivity contribution >= 4 is 114 Å². The standard InChI is InChI=1S/C54H37N3S2/c1-6-18-38(19-7-1)55(39-20-8-2-9-21-39)45-35-49-48-34-43(56(40-22-10-3-11-23-40)44-30-32-47-46-28-16-17-29-51(46)58-53(47)37-44)31-33-52(48)59-54(49)50(36-45)57(41-24-12-4-13-25-41)42-26-14-5-15-27-42/h1-37H. The van der Waals surface area contributed by atoms with Gasteiger partial charge in [0.15, 0.2) is 0 Å². The van der Waals surface area contributed by atoms with Gasteiger partial charge in [0.1, 0.15) is 0 Å². The first-order chi connectivity index (χ1) is 29.3. The van der Waals surface area contributed by atoms with Crippen molar-refractivity contribution in [3.05, 3.63) is 224 Å². The summed E-state index contributed by atoms with van der Waals surface area (Å²) in [5, 5.41) is 5.03. The van der Waals surface area contributed by atoms with Gasteiger partial charge in [0.05, 0.1) is 10.4 Å². The summed E-state index contributed by atoms with van der Waals surface area (Å²) in [5.41, 5.74) is 9.99. The van der Waals surface area contributed by atoms with E-state index in [-0.39, 0.29) is 0 Å². The molecular weight excluding hydrogens is 755 g/mol. The molecule has 0 radical (unpaired) electrons. The second-order valence-corrected chi connectivity index (χ2v) is 16.7. The summed E-state index contributed by atoms with van der Waals surface area (Å²) in [6.45, 7) is 0. The number of hydrogen-bond acceptors (Lipinski definition) is 5. The van der Waals surface area contributed by atoms with Gasteiger partial charge in [-0.1, -0.05) is 115 Å². The molecule has 280 valence electrons. The highest BCUT2D eigenvalue weighted by atomic mass is 32.1. The molecule has 0 atom stereocenters. The lowest BCUT2D eigenvalue weighted by molar-refractivity contribution is 1.26. The Morgan fingerprint density at radius 2 is 0.661 bits per heavy atom. The van der Waals surface area contributed by atoms with Crippen LogP contribution in [0, 0.1) is 0 Å². The van der Waals surface area contributed by atoms with Crippen molar-refractivity contribution in [3.63, 3.8) is 0 Å². The molecular formula is C54H37N3S2. The van der Waals surface area contributed by atoms with Gasteiger partial charge in [0, 0.05) is 81.1 Å². The third kappa shape index (κ3) is 6.38. The largest absolute Gasteiger partial charge is 0.310 e. The van der Waals surface area contributed by atoms with Crippen molar-refractivity contribution in [2.75, 3.05) is 14.7 Å². The number of benzene rings is 9. The molecule has 0 fully saturated rings. The molecule has 0 aliphatic rings. The fourth-order valence-electron chi connectivity index (χ4n) is 8.33. The summed E-state index contributed by atoms with van der Waals surface area (Å²) in [5.74, 6) is 0. The van der Waals surface area contributed by atoms with Crippen LogP contribution < -0.4 is 14.7 Å². The lowest BCUT2D eigenvalue weighted by Gasteiger charge is -2.30. The van der Waals surface area contributed by atoms with Crippen LogP contribution in [0.3, 0.4) is 0 Å². The topological polar surface area (TPSA) is 9.72 Å². The van der Waals surface area contributed by atoms with Crippen molar-refractivity contribution in [1.29, 1.82) is 0 Å². The third-order valence-electron chi connectivity index (χ3n) is 11.0. The Bertz CT molecular complexity index is 3140. The van der Waals surface area contributed by atoms with Crippen LogP contribution >= 0.6 is 22.7 Å². The van der Waals surface area contributed by atoms with Crippen LogP contribution in [0.25, 0.3) is 40.3 Å². The van der Waals surface area contributed by atoms with Gasteiger partial charge in [-0.25, -0.2) is 0 Å². The molecule has 0 saturated carbocycles. The van der Waals surface area contributed by atoms with Crippen molar-refractivity contribution in [2.24, 2.45) is 0 Å². The average Bonchev–Trinajstić information content (AvgIpc) is 3.86. The van der Waals surface area contributed by atoms with Gasteiger partial charge in [-0.05, 0) is 109 Å². The van der Waals surface area contributed by atoms with Crippen LogP contribution in [-0.4, -0.2) is 0 Å². The van der Waals surface area contributed by atoms with E-state index in [1.807, 2.05) is 22.7 Å². The van der Waals surface area contributed by atoms with Crippen molar-refractivity contribution in [1.82, 2.24) is 0 Å². The molecule has 2 heterocycles. The quantitative estimate of drug-likeness (QED) is 0.144. The van der Waals surface area contributed by atoms with Crippen LogP contribution in [-0.2, 0) is 0 Å². The second-order valence-electron chi connectivity index (χ2n) is 14.6. The van der Waals surface area contributed by atoms with Gasteiger partial charge in [-0.3, -0.25) is 0 Å². The molecule has 0 saturated heterocycles. The van der Waals surface area contributed by atoms with Crippen LogP contribution in [0.5, 0.6) is 0 Å². The maximum absolute atomic E-state index is 2.41. The monoisotopic (exact) mass is 791 g/mol. The van der Waals surface area contributed by atoms with Crippen LogP contribution in [0.4, 0.5) is 51.2 Å². The van der Waals surface area contributed by atoms with Crippen LogP contribution in [0.2, 0.25) is 0 Å². The number of para-hydroxylation sites is 5. The summed E-state index contributed by atoms with van der Waals surface area (Å²) in [6.07, 6.45) is 0. The van der Waals surface area contributed by atoms with Crippen molar-refractivity contribution in [3.8, 4) is 0 Å². The van der Waals surface area contributed by atoms with E-state index < -0.39 is 0 Å². The Hall–Kier alpha value is -7.18. The molecule has 0 bridgehead atoms. The summed E-state index contributed by atoms with van der Waals surface area (Å²) in [7, 11) is 0. The smallest absolute Gasteiger partial charge is 0.0661 e. The van der Waals surface area contributed by atoms with E-state index in [1.54, 1.807) is 0 Å². The Morgan fingerprint density at radius 1 is 0.237 bits per heavy atom. The van der Waals surface area contributed by atoms with E-state index in [0.717, 1.165) is 51.2 Å². The van der Waals surface area contributed by atoms with Gasteiger partial charge < -0.3 is 14.7 Å². The molecule has 5 heteroatoms. The molecule has 0 N–H and O–H groups in total.